The highest BCUT2D eigenvalue weighted by Crippen LogP contribution is 2.27. The lowest BCUT2D eigenvalue weighted by atomic mass is 10.1. The van der Waals surface area contributed by atoms with Crippen molar-refractivity contribution in [2.24, 2.45) is 0 Å². The van der Waals surface area contributed by atoms with Crippen LogP contribution in [-0.4, -0.2) is 36.9 Å². The summed E-state index contributed by atoms with van der Waals surface area (Å²) in [4.78, 5) is 23.7. The summed E-state index contributed by atoms with van der Waals surface area (Å²) in [5, 5.41) is 2.79. The van der Waals surface area contributed by atoms with Crippen molar-refractivity contribution >= 4 is 29.0 Å². The number of benzene rings is 1. The minimum atomic E-state index is -0.413. The third-order valence-electron chi connectivity index (χ3n) is 3.20. The van der Waals surface area contributed by atoms with Gasteiger partial charge < -0.3 is 14.8 Å². The van der Waals surface area contributed by atoms with E-state index in [0.717, 1.165) is 12.8 Å². The second kappa shape index (κ2) is 7.43. The lowest BCUT2D eigenvalue weighted by Crippen LogP contribution is -2.27. The highest BCUT2D eigenvalue weighted by Gasteiger charge is 2.24. The summed E-state index contributed by atoms with van der Waals surface area (Å²) in [5.41, 5.74) is 0.993. The van der Waals surface area contributed by atoms with Gasteiger partial charge in [-0.2, -0.15) is 0 Å². The van der Waals surface area contributed by atoms with Crippen molar-refractivity contribution in [1.29, 1.82) is 0 Å². The van der Waals surface area contributed by atoms with Crippen molar-refractivity contribution in [3.63, 3.8) is 0 Å². The molecule has 0 saturated carbocycles. The highest BCUT2D eigenvalue weighted by atomic mass is 35.5. The molecule has 1 N–H and O–H groups in total. The van der Waals surface area contributed by atoms with Gasteiger partial charge in [0.1, 0.15) is 11.9 Å². The third kappa shape index (κ3) is 3.95. The zero-order chi connectivity index (χ0) is 15.2. The minimum absolute atomic E-state index is 0.0901. The largest absolute Gasteiger partial charge is 0.492 e. The number of anilines is 1. The van der Waals surface area contributed by atoms with Gasteiger partial charge >= 0.3 is 0 Å². The fraction of sp³-hybridized carbons (Fsp3) is 0.467. The maximum absolute atomic E-state index is 12.1. The first kappa shape index (κ1) is 15.8. The predicted molar refractivity (Wildman–Crippen MR) is 80.3 cm³/mol. The van der Waals surface area contributed by atoms with Gasteiger partial charge in [0, 0.05) is 12.2 Å². The van der Waals surface area contributed by atoms with Crippen molar-refractivity contribution in [3.8, 4) is 5.75 Å². The fourth-order valence-corrected chi connectivity index (χ4v) is 2.30. The van der Waals surface area contributed by atoms with Gasteiger partial charge in [0.2, 0.25) is 0 Å². The Balaban J connectivity index is 2.17. The summed E-state index contributed by atoms with van der Waals surface area (Å²) in [5.74, 6) is -0.00740. The van der Waals surface area contributed by atoms with Gasteiger partial charge in [0.25, 0.3) is 5.91 Å². The van der Waals surface area contributed by atoms with Gasteiger partial charge in [0.15, 0.2) is 5.78 Å². The number of amides is 1. The summed E-state index contributed by atoms with van der Waals surface area (Å²) in [7, 11) is 0. The summed E-state index contributed by atoms with van der Waals surface area (Å²) >= 11 is 5.55. The van der Waals surface area contributed by atoms with Gasteiger partial charge in [-0.3, -0.25) is 9.59 Å². The van der Waals surface area contributed by atoms with E-state index in [0.29, 0.717) is 30.2 Å². The number of hydrogen-bond acceptors (Lipinski definition) is 4. The summed E-state index contributed by atoms with van der Waals surface area (Å²) in [6.45, 7) is 2.88. The SMILES string of the molecule is CCOc1cc(C(=O)CCl)ccc1NC(=O)C1CCCO1. The second-order valence-corrected chi connectivity index (χ2v) is 4.96. The van der Waals surface area contributed by atoms with Gasteiger partial charge in [-0.25, -0.2) is 0 Å². The van der Waals surface area contributed by atoms with Crippen molar-refractivity contribution in [3.05, 3.63) is 23.8 Å². The molecule has 1 atom stereocenters. The Hall–Kier alpha value is -1.59. The molecule has 0 aliphatic carbocycles. The zero-order valence-electron chi connectivity index (χ0n) is 11.9. The molecule has 5 nitrogen and oxygen atoms in total. The molecule has 1 aliphatic heterocycles. The molecule has 1 aliphatic rings. The number of nitrogens with one attached hydrogen (secondary N) is 1. The molecule has 1 aromatic carbocycles. The monoisotopic (exact) mass is 311 g/mol. The van der Waals surface area contributed by atoms with Gasteiger partial charge in [-0.05, 0) is 38.0 Å². The van der Waals surface area contributed by atoms with Crippen molar-refractivity contribution in [2.45, 2.75) is 25.9 Å². The fourth-order valence-electron chi connectivity index (χ4n) is 2.15. The molecule has 114 valence electrons. The standard InChI is InChI=1S/C15H18ClNO4/c1-2-20-14-8-10(12(18)9-16)5-6-11(14)17-15(19)13-4-3-7-21-13/h5-6,8,13H,2-4,7,9H2,1H3,(H,17,19). The van der Waals surface area contributed by atoms with Crippen LogP contribution in [0.5, 0.6) is 5.75 Å². The quantitative estimate of drug-likeness (QED) is 0.648. The number of carbonyl (C=O) groups is 2. The summed E-state index contributed by atoms with van der Waals surface area (Å²) in [6.07, 6.45) is 1.20. The van der Waals surface area contributed by atoms with E-state index in [9.17, 15) is 9.59 Å². The number of rotatable bonds is 6. The lowest BCUT2D eigenvalue weighted by Gasteiger charge is -2.15. The van der Waals surface area contributed by atoms with E-state index in [2.05, 4.69) is 5.32 Å². The number of hydrogen-bond donors (Lipinski definition) is 1. The first-order valence-corrected chi connectivity index (χ1v) is 7.47. The summed E-state index contributed by atoms with van der Waals surface area (Å²) in [6, 6.07) is 4.87. The second-order valence-electron chi connectivity index (χ2n) is 4.69. The molecule has 1 unspecified atom stereocenters. The number of alkyl halides is 1. The average molecular weight is 312 g/mol. The molecule has 1 saturated heterocycles. The molecular formula is C15H18ClNO4. The molecule has 0 radical (unpaired) electrons. The zero-order valence-corrected chi connectivity index (χ0v) is 12.6. The Bertz CT molecular complexity index is 526. The van der Waals surface area contributed by atoms with Gasteiger partial charge in [-0.1, -0.05) is 0 Å². The van der Waals surface area contributed by atoms with Crippen LogP contribution in [0.2, 0.25) is 0 Å². The Morgan fingerprint density at radius 1 is 1.48 bits per heavy atom. The Kier molecular flexibility index (Phi) is 5.59. The van der Waals surface area contributed by atoms with Crippen LogP contribution in [-0.2, 0) is 9.53 Å². The van der Waals surface area contributed by atoms with E-state index in [1.165, 1.54) is 0 Å². The van der Waals surface area contributed by atoms with E-state index in [4.69, 9.17) is 21.1 Å². The van der Waals surface area contributed by atoms with E-state index < -0.39 is 6.10 Å². The first-order valence-electron chi connectivity index (χ1n) is 6.94. The molecule has 1 fully saturated rings. The molecule has 2 rings (SSSR count). The normalized spacial score (nSPS) is 17.5. The number of ether oxygens (including phenoxy) is 2. The topological polar surface area (TPSA) is 64.6 Å². The molecule has 1 aromatic rings. The van der Waals surface area contributed by atoms with Crippen LogP contribution in [0.25, 0.3) is 0 Å². The molecule has 0 spiro atoms. The predicted octanol–water partition coefficient (Wildman–Crippen LogP) is 2.62. The number of halogens is 1. The maximum Gasteiger partial charge on any atom is 0.253 e. The number of carbonyl (C=O) groups excluding carboxylic acids is 2. The van der Waals surface area contributed by atoms with Crippen molar-refractivity contribution < 1.29 is 19.1 Å². The van der Waals surface area contributed by atoms with Crippen molar-refractivity contribution in [1.82, 2.24) is 0 Å². The molecular weight excluding hydrogens is 294 g/mol. The maximum atomic E-state index is 12.1. The van der Waals surface area contributed by atoms with Crippen molar-refractivity contribution in [2.75, 3.05) is 24.4 Å². The molecule has 0 bridgehead atoms. The molecule has 1 amide bonds. The third-order valence-corrected chi connectivity index (χ3v) is 3.45. The summed E-state index contributed by atoms with van der Waals surface area (Å²) < 4.78 is 10.8. The highest BCUT2D eigenvalue weighted by molar-refractivity contribution is 6.30. The number of Topliss-reactive ketones (excluding diaryl/α,β-unsaturated/α-hetero) is 1. The number of ketones is 1. The average Bonchev–Trinajstić information content (AvgIpc) is 3.02. The van der Waals surface area contributed by atoms with Gasteiger partial charge in [0.05, 0.1) is 18.2 Å². The van der Waals surface area contributed by atoms with Crippen LogP contribution in [0.1, 0.15) is 30.1 Å². The lowest BCUT2D eigenvalue weighted by molar-refractivity contribution is -0.124. The van der Waals surface area contributed by atoms with E-state index in [1.807, 2.05) is 6.92 Å². The smallest absolute Gasteiger partial charge is 0.253 e. The van der Waals surface area contributed by atoms with Crippen LogP contribution in [0.15, 0.2) is 18.2 Å². The first-order chi connectivity index (χ1) is 10.2. The Morgan fingerprint density at radius 3 is 2.90 bits per heavy atom. The molecule has 6 heteroatoms. The molecule has 1 heterocycles. The van der Waals surface area contributed by atoms with E-state index in [-0.39, 0.29) is 17.6 Å². The van der Waals surface area contributed by atoms with Crippen LogP contribution in [0.4, 0.5) is 5.69 Å². The van der Waals surface area contributed by atoms with Crippen LogP contribution in [0.3, 0.4) is 0 Å². The molecule has 0 aromatic heterocycles. The van der Waals surface area contributed by atoms with Gasteiger partial charge in [-0.15, -0.1) is 11.6 Å². The van der Waals surface area contributed by atoms with Crippen LogP contribution < -0.4 is 10.1 Å². The van der Waals surface area contributed by atoms with Crippen LogP contribution in [0, 0.1) is 0 Å². The van der Waals surface area contributed by atoms with E-state index in [1.54, 1.807) is 18.2 Å². The molecule has 21 heavy (non-hydrogen) atoms. The minimum Gasteiger partial charge on any atom is -0.492 e. The Morgan fingerprint density at radius 2 is 2.29 bits per heavy atom. The van der Waals surface area contributed by atoms with Crippen LogP contribution >= 0.6 is 11.6 Å². The van der Waals surface area contributed by atoms with E-state index >= 15 is 0 Å². The Labute approximate surface area is 128 Å².